The van der Waals surface area contributed by atoms with Crippen molar-refractivity contribution in [2.75, 3.05) is 13.2 Å². The van der Waals surface area contributed by atoms with E-state index >= 15 is 0 Å². The molecule has 1 fully saturated rings. The summed E-state index contributed by atoms with van der Waals surface area (Å²) in [6.45, 7) is 4.87. The minimum absolute atomic E-state index is 0.133. The van der Waals surface area contributed by atoms with Crippen LogP contribution < -0.4 is 0 Å². The molecule has 1 aliphatic rings. The van der Waals surface area contributed by atoms with Crippen LogP contribution in [0.2, 0.25) is 0 Å². The van der Waals surface area contributed by atoms with Gasteiger partial charge in [0, 0.05) is 17.1 Å². The summed E-state index contributed by atoms with van der Waals surface area (Å²) >= 11 is 0. The minimum atomic E-state index is -0.503. The van der Waals surface area contributed by atoms with Crippen molar-refractivity contribution in [1.29, 1.82) is 0 Å². The van der Waals surface area contributed by atoms with Gasteiger partial charge in [0.25, 0.3) is 0 Å². The summed E-state index contributed by atoms with van der Waals surface area (Å²) in [5.41, 5.74) is 2.26. The fourth-order valence-corrected chi connectivity index (χ4v) is 3.17. The van der Waals surface area contributed by atoms with Gasteiger partial charge in [-0.25, -0.2) is 8.78 Å². The van der Waals surface area contributed by atoms with Gasteiger partial charge in [-0.3, -0.25) is 4.68 Å². The molecule has 0 atom stereocenters. The summed E-state index contributed by atoms with van der Waals surface area (Å²) in [7, 11) is 0. The van der Waals surface area contributed by atoms with E-state index in [-0.39, 0.29) is 17.5 Å². The zero-order valence-corrected chi connectivity index (χ0v) is 13.6. The predicted molar refractivity (Wildman–Crippen MR) is 89.0 cm³/mol. The number of hydrogen-bond acceptors (Lipinski definition) is 2. The molecular formula is C19H18F2N2O. The SMILES string of the molecule is CC(C)c1c(F)cc(-c2cccc3nn(C4COC4)cc23)cc1F. The number of hydrogen-bond donors (Lipinski definition) is 0. The van der Waals surface area contributed by atoms with Gasteiger partial charge in [0.1, 0.15) is 11.6 Å². The molecule has 2 heterocycles. The molecule has 124 valence electrons. The number of aromatic nitrogens is 2. The lowest BCUT2D eigenvalue weighted by molar-refractivity contribution is -0.0283. The van der Waals surface area contributed by atoms with E-state index in [9.17, 15) is 8.78 Å². The van der Waals surface area contributed by atoms with E-state index in [2.05, 4.69) is 5.10 Å². The van der Waals surface area contributed by atoms with Crippen molar-refractivity contribution in [3.8, 4) is 11.1 Å². The number of rotatable bonds is 3. The first-order valence-corrected chi connectivity index (χ1v) is 8.09. The van der Waals surface area contributed by atoms with Crippen LogP contribution in [-0.2, 0) is 4.74 Å². The Bertz CT molecular complexity index is 890. The van der Waals surface area contributed by atoms with Gasteiger partial charge in [-0.05, 0) is 35.2 Å². The minimum Gasteiger partial charge on any atom is -0.377 e. The standard InChI is InChI=1S/C19H18F2N2O/c1-11(2)19-16(20)6-12(7-17(19)21)14-4-3-5-18-15(14)8-23(22-18)13-9-24-10-13/h3-8,11,13H,9-10H2,1-2H3. The van der Waals surface area contributed by atoms with Crippen molar-refractivity contribution in [3.05, 3.63) is 53.7 Å². The van der Waals surface area contributed by atoms with Gasteiger partial charge in [0.15, 0.2) is 0 Å². The molecule has 1 aliphatic heterocycles. The first-order valence-electron chi connectivity index (χ1n) is 8.09. The van der Waals surface area contributed by atoms with E-state index in [0.717, 1.165) is 16.5 Å². The van der Waals surface area contributed by atoms with Crippen molar-refractivity contribution >= 4 is 10.9 Å². The molecule has 0 aliphatic carbocycles. The van der Waals surface area contributed by atoms with E-state index in [1.807, 2.05) is 29.1 Å². The van der Waals surface area contributed by atoms with Crippen LogP contribution in [-0.4, -0.2) is 23.0 Å². The molecule has 0 spiro atoms. The van der Waals surface area contributed by atoms with Gasteiger partial charge < -0.3 is 4.74 Å². The summed E-state index contributed by atoms with van der Waals surface area (Å²) in [5, 5.41) is 5.45. The topological polar surface area (TPSA) is 27.1 Å². The molecular weight excluding hydrogens is 310 g/mol. The van der Waals surface area contributed by atoms with Crippen LogP contribution in [0, 0.1) is 11.6 Å². The fraction of sp³-hybridized carbons (Fsp3) is 0.316. The third-order valence-corrected chi connectivity index (χ3v) is 4.53. The summed E-state index contributed by atoms with van der Waals surface area (Å²) in [6, 6.07) is 8.70. The molecule has 0 saturated carbocycles. The number of fused-ring (bicyclic) bond motifs is 1. The Hall–Kier alpha value is -2.27. The Morgan fingerprint density at radius 3 is 2.46 bits per heavy atom. The second-order valence-electron chi connectivity index (χ2n) is 6.55. The van der Waals surface area contributed by atoms with Crippen molar-refractivity contribution in [3.63, 3.8) is 0 Å². The Kier molecular flexibility index (Phi) is 3.61. The molecule has 4 rings (SSSR count). The molecule has 0 amide bonds. The Labute approximate surface area is 138 Å². The van der Waals surface area contributed by atoms with Crippen LogP contribution >= 0.6 is 0 Å². The van der Waals surface area contributed by atoms with Gasteiger partial charge in [-0.15, -0.1) is 0 Å². The molecule has 1 saturated heterocycles. The molecule has 2 aromatic carbocycles. The quantitative estimate of drug-likeness (QED) is 0.698. The molecule has 0 N–H and O–H groups in total. The number of halogens is 2. The van der Waals surface area contributed by atoms with Crippen molar-refractivity contribution < 1.29 is 13.5 Å². The van der Waals surface area contributed by atoms with E-state index in [0.29, 0.717) is 18.8 Å². The third kappa shape index (κ3) is 2.40. The number of ether oxygens (including phenoxy) is 1. The molecule has 3 aromatic rings. The van der Waals surface area contributed by atoms with Gasteiger partial charge in [-0.2, -0.15) is 5.10 Å². The average Bonchev–Trinajstić information content (AvgIpc) is 2.86. The van der Waals surface area contributed by atoms with E-state index in [1.165, 1.54) is 12.1 Å². The molecule has 24 heavy (non-hydrogen) atoms. The zero-order chi connectivity index (χ0) is 16.8. The van der Waals surface area contributed by atoms with Crippen LogP contribution in [0.3, 0.4) is 0 Å². The largest absolute Gasteiger partial charge is 0.377 e. The van der Waals surface area contributed by atoms with Crippen LogP contribution in [0.1, 0.15) is 31.4 Å². The lowest BCUT2D eigenvalue weighted by Crippen LogP contribution is -2.30. The highest BCUT2D eigenvalue weighted by atomic mass is 19.1. The second-order valence-corrected chi connectivity index (χ2v) is 6.55. The lowest BCUT2D eigenvalue weighted by Gasteiger charge is -2.25. The van der Waals surface area contributed by atoms with Crippen molar-refractivity contribution in [2.45, 2.75) is 25.8 Å². The molecule has 5 heteroatoms. The fourth-order valence-electron chi connectivity index (χ4n) is 3.17. The highest BCUT2D eigenvalue weighted by Gasteiger charge is 2.22. The first-order chi connectivity index (χ1) is 11.5. The van der Waals surface area contributed by atoms with Crippen LogP contribution in [0.5, 0.6) is 0 Å². The lowest BCUT2D eigenvalue weighted by atomic mass is 9.96. The normalized spacial score (nSPS) is 15.2. The van der Waals surface area contributed by atoms with Crippen LogP contribution in [0.4, 0.5) is 8.78 Å². The Morgan fingerprint density at radius 1 is 1.17 bits per heavy atom. The summed E-state index contributed by atoms with van der Waals surface area (Å²) in [4.78, 5) is 0. The zero-order valence-electron chi connectivity index (χ0n) is 13.6. The monoisotopic (exact) mass is 328 g/mol. The Morgan fingerprint density at radius 2 is 1.88 bits per heavy atom. The molecule has 0 unspecified atom stereocenters. The van der Waals surface area contributed by atoms with Crippen LogP contribution in [0.15, 0.2) is 36.5 Å². The molecule has 1 aromatic heterocycles. The van der Waals surface area contributed by atoms with Gasteiger partial charge >= 0.3 is 0 Å². The van der Waals surface area contributed by atoms with E-state index in [1.54, 1.807) is 13.8 Å². The molecule has 0 bridgehead atoms. The Balaban J connectivity index is 1.85. The van der Waals surface area contributed by atoms with Crippen molar-refractivity contribution in [1.82, 2.24) is 9.78 Å². The highest BCUT2D eigenvalue weighted by Crippen LogP contribution is 2.33. The number of benzene rings is 2. The number of nitrogens with zero attached hydrogens (tertiary/aromatic N) is 2. The predicted octanol–water partition coefficient (Wildman–Crippen LogP) is 4.68. The maximum absolute atomic E-state index is 14.4. The van der Waals surface area contributed by atoms with Gasteiger partial charge in [0.2, 0.25) is 0 Å². The van der Waals surface area contributed by atoms with Crippen molar-refractivity contribution in [2.24, 2.45) is 0 Å². The molecule has 3 nitrogen and oxygen atoms in total. The van der Waals surface area contributed by atoms with Crippen LogP contribution in [0.25, 0.3) is 22.0 Å². The summed E-state index contributed by atoms with van der Waals surface area (Å²) < 4.78 is 35.8. The maximum Gasteiger partial charge on any atom is 0.130 e. The maximum atomic E-state index is 14.4. The second kappa shape index (κ2) is 5.67. The summed E-state index contributed by atoms with van der Waals surface area (Å²) in [5.74, 6) is -1.20. The van der Waals surface area contributed by atoms with Gasteiger partial charge in [-0.1, -0.05) is 26.0 Å². The summed E-state index contributed by atoms with van der Waals surface area (Å²) in [6.07, 6.45) is 1.93. The van der Waals surface area contributed by atoms with Gasteiger partial charge in [0.05, 0.1) is 24.8 Å². The first kappa shape index (κ1) is 15.3. The molecule has 0 radical (unpaired) electrons. The smallest absolute Gasteiger partial charge is 0.130 e. The average molecular weight is 328 g/mol. The van der Waals surface area contributed by atoms with E-state index in [4.69, 9.17) is 4.74 Å². The highest BCUT2D eigenvalue weighted by molar-refractivity contribution is 5.94. The third-order valence-electron chi connectivity index (χ3n) is 4.53. The van der Waals surface area contributed by atoms with E-state index < -0.39 is 11.6 Å².